The van der Waals surface area contributed by atoms with Crippen molar-refractivity contribution < 1.29 is 14.7 Å². The summed E-state index contributed by atoms with van der Waals surface area (Å²) in [7, 11) is 0. The molecule has 1 N–H and O–H groups in total. The summed E-state index contributed by atoms with van der Waals surface area (Å²) in [6.45, 7) is 4.81. The van der Waals surface area contributed by atoms with Gasteiger partial charge in [-0.1, -0.05) is 17.7 Å². The van der Waals surface area contributed by atoms with Gasteiger partial charge in [-0.25, -0.2) is 0 Å². The summed E-state index contributed by atoms with van der Waals surface area (Å²) >= 11 is 6.06. The summed E-state index contributed by atoms with van der Waals surface area (Å²) < 4.78 is 0. The Hall–Kier alpha value is -1.75. The van der Waals surface area contributed by atoms with Gasteiger partial charge >= 0.3 is 5.97 Å². The van der Waals surface area contributed by atoms with Crippen LogP contribution in [0.4, 0.5) is 5.69 Å². The van der Waals surface area contributed by atoms with E-state index in [4.69, 9.17) is 16.7 Å². The Balaban J connectivity index is 1.60. The lowest BCUT2D eigenvalue weighted by molar-refractivity contribution is -0.142. The fraction of sp³-hybridized carbons (Fsp3) is 0.500. The van der Waals surface area contributed by atoms with Gasteiger partial charge in [0.15, 0.2) is 0 Å². The highest BCUT2D eigenvalue weighted by Crippen LogP contribution is 2.40. The monoisotopic (exact) mass is 322 g/mol. The van der Waals surface area contributed by atoms with Crippen LogP contribution in [-0.2, 0) is 9.59 Å². The SMILES string of the molecule is Cc1ccc(Cl)cc1N1CCN(C(=O)[C@H]2C[C@@H]2C(=O)O)CC1. The van der Waals surface area contributed by atoms with Crippen LogP contribution in [0.3, 0.4) is 0 Å². The molecule has 6 heteroatoms. The van der Waals surface area contributed by atoms with E-state index in [1.54, 1.807) is 4.90 Å². The van der Waals surface area contributed by atoms with E-state index >= 15 is 0 Å². The first-order valence-electron chi connectivity index (χ1n) is 7.50. The van der Waals surface area contributed by atoms with Crippen LogP contribution in [0.5, 0.6) is 0 Å². The summed E-state index contributed by atoms with van der Waals surface area (Å²) in [4.78, 5) is 27.2. The third kappa shape index (κ3) is 2.90. The lowest BCUT2D eigenvalue weighted by Gasteiger charge is -2.37. The molecule has 3 rings (SSSR count). The van der Waals surface area contributed by atoms with Gasteiger partial charge in [0.2, 0.25) is 5.91 Å². The Morgan fingerprint density at radius 1 is 1.18 bits per heavy atom. The number of anilines is 1. The Morgan fingerprint density at radius 3 is 2.45 bits per heavy atom. The minimum absolute atomic E-state index is 0.00475. The van der Waals surface area contributed by atoms with Gasteiger partial charge in [0.25, 0.3) is 0 Å². The molecule has 2 aliphatic rings. The smallest absolute Gasteiger partial charge is 0.307 e. The van der Waals surface area contributed by atoms with Gasteiger partial charge in [-0.2, -0.15) is 0 Å². The van der Waals surface area contributed by atoms with Crippen LogP contribution < -0.4 is 4.90 Å². The van der Waals surface area contributed by atoms with Crippen molar-refractivity contribution >= 4 is 29.2 Å². The number of hydrogen-bond donors (Lipinski definition) is 1. The fourth-order valence-corrected chi connectivity index (χ4v) is 3.23. The van der Waals surface area contributed by atoms with E-state index in [1.807, 2.05) is 25.1 Å². The molecule has 1 aromatic rings. The molecule has 0 unspecified atom stereocenters. The average molecular weight is 323 g/mol. The molecule has 1 amide bonds. The molecule has 5 nitrogen and oxygen atoms in total. The zero-order chi connectivity index (χ0) is 15.9. The van der Waals surface area contributed by atoms with Crippen molar-refractivity contribution in [2.45, 2.75) is 13.3 Å². The molecule has 1 saturated heterocycles. The van der Waals surface area contributed by atoms with Crippen LogP contribution in [0.2, 0.25) is 5.02 Å². The van der Waals surface area contributed by atoms with Gasteiger partial charge < -0.3 is 14.9 Å². The molecule has 0 radical (unpaired) electrons. The van der Waals surface area contributed by atoms with Crippen LogP contribution in [0, 0.1) is 18.8 Å². The molecular formula is C16H19ClN2O3. The van der Waals surface area contributed by atoms with E-state index in [0.717, 1.165) is 24.3 Å². The van der Waals surface area contributed by atoms with Crippen LogP contribution >= 0.6 is 11.6 Å². The second-order valence-electron chi connectivity index (χ2n) is 6.03. The normalized spacial score (nSPS) is 24.3. The second kappa shape index (κ2) is 5.80. The largest absolute Gasteiger partial charge is 0.481 e. The number of aryl methyl sites for hydroxylation is 1. The number of halogens is 1. The number of carbonyl (C=O) groups excluding carboxylic acids is 1. The molecule has 2 fully saturated rings. The van der Waals surface area contributed by atoms with Gasteiger partial charge in [-0.05, 0) is 31.0 Å². The van der Waals surface area contributed by atoms with Crippen molar-refractivity contribution in [1.82, 2.24) is 4.90 Å². The molecule has 1 aliphatic heterocycles. The number of rotatable bonds is 3. The molecule has 1 heterocycles. The van der Waals surface area contributed by atoms with E-state index in [9.17, 15) is 9.59 Å². The van der Waals surface area contributed by atoms with Crippen molar-refractivity contribution in [3.05, 3.63) is 28.8 Å². The first-order valence-corrected chi connectivity index (χ1v) is 7.88. The average Bonchev–Trinajstić information content (AvgIpc) is 3.30. The Labute approximate surface area is 134 Å². The first kappa shape index (κ1) is 15.2. The number of hydrogen-bond acceptors (Lipinski definition) is 3. The number of aliphatic carboxylic acids is 1. The zero-order valence-corrected chi connectivity index (χ0v) is 13.2. The lowest BCUT2D eigenvalue weighted by Crippen LogP contribution is -2.49. The Bertz CT molecular complexity index is 611. The molecular weight excluding hydrogens is 304 g/mol. The molecule has 2 atom stereocenters. The number of amides is 1. The molecule has 0 spiro atoms. The summed E-state index contributed by atoms with van der Waals surface area (Å²) in [5, 5.41) is 9.64. The minimum atomic E-state index is -0.855. The van der Waals surface area contributed by atoms with Crippen molar-refractivity contribution in [2.24, 2.45) is 11.8 Å². The maximum Gasteiger partial charge on any atom is 0.307 e. The number of nitrogens with zero attached hydrogens (tertiary/aromatic N) is 2. The van der Waals surface area contributed by atoms with E-state index in [0.29, 0.717) is 24.5 Å². The van der Waals surface area contributed by atoms with Crippen LogP contribution in [0.15, 0.2) is 18.2 Å². The summed E-state index contributed by atoms with van der Waals surface area (Å²) in [5.41, 5.74) is 2.27. The maximum absolute atomic E-state index is 12.3. The standard InChI is InChI=1S/C16H19ClN2O3/c1-10-2-3-11(17)8-14(10)18-4-6-19(7-5-18)15(20)12-9-13(12)16(21)22/h2-3,8,12-13H,4-7,9H2,1H3,(H,21,22)/t12-,13-/m0/s1. The Morgan fingerprint density at radius 2 is 1.86 bits per heavy atom. The quantitative estimate of drug-likeness (QED) is 0.925. The molecule has 118 valence electrons. The summed E-state index contributed by atoms with van der Waals surface area (Å²) in [5.74, 6) is -1.64. The molecule has 1 saturated carbocycles. The van der Waals surface area contributed by atoms with Crippen LogP contribution in [0.25, 0.3) is 0 Å². The highest BCUT2D eigenvalue weighted by molar-refractivity contribution is 6.30. The van der Waals surface area contributed by atoms with Crippen LogP contribution in [-0.4, -0.2) is 48.1 Å². The van der Waals surface area contributed by atoms with E-state index in [1.165, 1.54) is 0 Å². The van der Waals surface area contributed by atoms with Gasteiger partial charge in [-0.3, -0.25) is 9.59 Å². The zero-order valence-electron chi connectivity index (χ0n) is 12.5. The third-order valence-corrected chi connectivity index (χ3v) is 4.76. The van der Waals surface area contributed by atoms with E-state index in [-0.39, 0.29) is 11.8 Å². The van der Waals surface area contributed by atoms with Crippen molar-refractivity contribution in [2.75, 3.05) is 31.1 Å². The lowest BCUT2D eigenvalue weighted by atomic mass is 10.1. The van der Waals surface area contributed by atoms with Crippen molar-refractivity contribution in [3.8, 4) is 0 Å². The molecule has 1 aromatic carbocycles. The third-order valence-electron chi connectivity index (χ3n) is 4.53. The van der Waals surface area contributed by atoms with Gasteiger partial charge in [0, 0.05) is 36.9 Å². The van der Waals surface area contributed by atoms with E-state index < -0.39 is 11.9 Å². The predicted octanol–water partition coefficient (Wildman–Crippen LogP) is 2.02. The van der Waals surface area contributed by atoms with Crippen LogP contribution in [0.1, 0.15) is 12.0 Å². The number of piperazine rings is 1. The number of carbonyl (C=O) groups is 2. The molecule has 1 aliphatic carbocycles. The fourth-order valence-electron chi connectivity index (χ4n) is 3.07. The number of carboxylic acid groups (broad SMARTS) is 1. The minimum Gasteiger partial charge on any atom is -0.481 e. The summed E-state index contributed by atoms with van der Waals surface area (Å²) in [6, 6.07) is 5.83. The topological polar surface area (TPSA) is 60.9 Å². The van der Waals surface area contributed by atoms with Gasteiger partial charge in [0.05, 0.1) is 11.8 Å². The first-order chi connectivity index (χ1) is 10.5. The van der Waals surface area contributed by atoms with Gasteiger partial charge in [0.1, 0.15) is 0 Å². The maximum atomic E-state index is 12.3. The van der Waals surface area contributed by atoms with E-state index in [2.05, 4.69) is 4.90 Å². The number of benzene rings is 1. The summed E-state index contributed by atoms with van der Waals surface area (Å²) in [6.07, 6.45) is 0.488. The second-order valence-corrected chi connectivity index (χ2v) is 6.47. The number of carboxylic acids is 1. The molecule has 22 heavy (non-hydrogen) atoms. The molecule has 0 bridgehead atoms. The van der Waals surface area contributed by atoms with Crippen molar-refractivity contribution in [3.63, 3.8) is 0 Å². The predicted molar refractivity (Wildman–Crippen MR) is 84.2 cm³/mol. The Kier molecular flexibility index (Phi) is 4.00. The highest BCUT2D eigenvalue weighted by atomic mass is 35.5. The molecule has 0 aromatic heterocycles. The highest BCUT2D eigenvalue weighted by Gasteiger charge is 2.50. The van der Waals surface area contributed by atoms with Gasteiger partial charge in [-0.15, -0.1) is 0 Å². The van der Waals surface area contributed by atoms with Crippen molar-refractivity contribution in [1.29, 1.82) is 0 Å².